The van der Waals surface area contributed by atoms with Gasteiger partial charge in [0.1, 0.15) is 17.3 Å². The van der Waals surface area contributed by atoms with Crippen LogP contribution in [0, 0.1) is 11.3 Å². The number of fused-ring (bicyclic) bond motifs is 3. The number of halogens is 3. The summed E-state index contributed by atoms with van der Waals surface area (Å²) in [7, 11) is 0. The van der Waals surface area contributed by atoms with Crippen molar-refractivity contribution in [1.29, 1.82) is 5.26 Å². The van der Waals surface area contributed by atoms with Crippen LogP contribution in [0.25, 0.3) is 5.82 Å². The number of nitrogens with zero attached hydrogens (tertiary/aromatic N) is 4. The molecule has 3 heterocycles. The average Bonchev–Trinajstić information content (AvgIpc) is 3.56. The fraction of sp³-hybridized carbons (Fsp3) is 0.194. The molecule has 1 aromatic heterocycles. The predicted molar refractivity (Wildman–Crippen MR) is 144 cm³/mol. The van der Waals surface area contributed by atoms with Crippen molar-refractivity contribution < 1.29 is 22.8 Å². The number of allylic oxidation sites excluding steroid dienone is 1. The number of amides is 1. The third-order valence-corrected chi connectivity index (χ3v) is 7.73. The summed E-state index contributed by atoms with van der Waals surface area (Å²) in [5, 5.41) is 10.8. The van der Waals surface area contributed by atoms with Gasteiger partial charge in [-0.3, -0.25) is 14.5 Å². The van der Waals surface area contributed by atoms with Crippen molar-refractivity contribution in [1.82, 2.24) is 4.57 Å². The number of nitriles is 1. The number of hydrogen-bond acceptors (Lipinski definition) is 4. The molecule has 0 N–H and O–H groups in total. The molecule has 1 atom stereocenters. The molecule has 3 aromatic rings. The first kappa shape index (κ1) is 25.4. The van der Waals surface area contributed by atoms with Crippen molar-refractivity contribution in [2.24, 2.45) is 0 Å². The number of carbonyl (C=O) groups excluding carboxylic acids is 2. The zero-order valence-corrected chi connectivity index (χ0v) is 21.3. The molecule has 1 amide bonds. The van der Waals surface area contributed by atoms with Crippen molar-refractivity contribution in [2.45, 2.75) is 30.9 Å². The number of benzene rings is 2. The maximum atomic E-state index is 14.6. The molecule has 2 aromatic carbocycles. The molecule has 40 heavy (non-hydrogen) atoms. The number of alkyl halides is 3. The van der Waals surface area contributed by atoms with Crippen molar-refractivity contribution in [3.05, 3.63) is 114 Å². The Morgan fingerprint density at radius 2 is 1.70 bits per heavy atom. The summed E-state index contributed by atoms with van der Waals surface area (Å²) in [6.45, 7) is 3.97. The summed E-state index contributed by atoms with van der Waals surface area (Å²) >= 11 is 0. The lowest BCUT2D eigenvalue weighted by molar-refractivity contribution is -0.137. The first-order valence-corrected chi connectivity index (χ1v) is 12.8. The van der Waals surface area contributed by atoms with Gasteiger partial charge in [0.05, 0.1) is 11.1 Å². The van der Waals surface area contributed by atoms with Crippen LogP contribution in [0.3, 0.4) is 0 Å². The van der Waals surface area contributed by atoms with Crippen LogP contribution in [0.4, 0.5) is 24.5 Å². The molecule has 6 rings (SSSR count). The van der Waals surface area contributed by atoms with Crippen molar-refractivity contribution in [3.8, 4) is 6.07 Å². The molecule has 0 fully saturated rings. The maximum Gasteiger partial charge on any atom is 0.416 e. The van der Waals surface area contributed by atoms with E-state index in [1.165, 1.54) is 17.0 Å². The zero-order chi connectivity index (χ0) is 28.2. The van der Waals surface area contributed by atoms with Gasteiger partial charge in [-0.05, 0) is 55.3 Å². The highest BCUT2D eigenvalue weighted by molar-refractivity contribution is 6.22. The van der Waals surface area contributed by atoms with Crippen molar-refractivity contribution >= 4 is 28.9 Å². The zero-order valence-electron chi connectivity index (χ0n) is 21.3. The van der Waals surface area contributed by atoms with Gasteiger partial charge in [-0.2, -0.15) is 18.4 Å². The van der Waals surface area contributed by atoms with Crippen LogP contribution in [-0.4, -0.2) is 22.8 Å². The lowest BCUT2D eigenvalue weighted by Crippen LogP contribution is -2.51. The van der Waals surface area contributed by atoms with Crippen LogP contribution in [0.2, 0.25) is 0 Å². The van der Waals surface area contributed by atoms with Crippen LogP contribution in [-0.2, 0) is 21.2 Å². The number of Topliss-reactive ketones (excluding diaryl/α,β-unsaturated/α-hetero) is 1. The van der Waals surface area contributed by atoms with Gasteiger partial charge in [0.2, 0.25) is 5.91 Å². The Kier molecular flexibility index (Phi) is 5.80. The lowest BCUT2D eigenvalue weighted by atomic mass is 9.63. The number of anilines is 2. The van der Waals surface area contributed by atoms with Gasteiger partial charge in [-0.15, -0.1) is 6.58 Å². The second-order valence-electron chi connectivity index (χ2n) is 9.85. The molecule has 0 radical (unpaired) electrons. The third kappa shape index (κ3) is 3.42. The highest BCUT2D eigenvalue weighted by Gasteiger charge is 2.62. The van der Waals surface area contributed by atoms with Gasteiger partial charge in [0, 0.05) is 53.6 Å². The SMILES string of the molecule is C=CCN1C(=O)[C@]2(C(C#N)=C(n3cccc3)N(c3ccc(C(F)(F)F)cc3)C3=C2C(=O)CCC3)c2ccccc21. The van der Waals surface area contributed by atoms with E-state index in [4.69, 9.17) is 0 Å². The Labute approximate surface area is 228 Å². The minimum Gasteiger partial charge on any atom is -0.309 e. The normalized spacial score (nSPS) is 20.6. The van der Waals surface area contributed by atoms with Gasteiger partial charge in [0.15, 0.2) is 5.78 Å². The Bertz CT molecular complexity index is 1660. The smallest absolute Gasteiger partial charge is 0.309 e. The van der Waals surface area contributed by atoms with E-state index in [1.54, 1.807) is 64.3 Å². The van der Waals surface area contributed by atoms with Crippen LogP contribution in [0.1, 0.15) is 30.4 Å². The molecule has 1 aliphatic carbocycles. The molecule has 1 spiro atoms. The summed E-state index contributed by atoms with van der Waals surface area (Å²) < 4.78 is 41.9. The summed E-state index contributed by atoms with van der Waals surface area (Å²) in [5.41, 5.74) is -0.325. The molecule has 0 unspecified atom stereocenters. The summed E-state index contributed by atoms with van der Waals surface area (Å²) in [4.78, 5) is 31.6. The fourth-order valence-corrected chi connectivity index (χ4v) is 6.19. The Morgan fingerprint density at radius 3 is 2.35 bits per heavy atom. The Hall–Kier alpha value is -4.84. The number of hydrogen-bond donors (Lipinski definition) is 0. The van der Waals surface area contributed by atoms with Crippen LogP contribution < -0.4 is 9.80 Å². The molecular formula is C31H23F3N4O2. The van der Waals surface area contributed by atoms with Gasteiger partial charge in [-0.25, -0.2) is 0 Å². The van der Waals surface area contributed by atoms with E-state index in [9.17, 15) is 28.0 Å². The van der Waals surface area contributed by atoms with E-state index in [0.29, 0.717) is 41.3 Å². The van der Waals surface area contributed by atoms with Crippen LogP contribution in [0.5, 0.6) is 0 Å². The molecule has 0 bridgehead atoms. The van der Waals surface area contributed by atoms with E-state index in [1.807, 2.05) is 0 Å². The highest BCUT2D eigenvalue weighted by atomic mass is 19.4. The van der Waals surface area contributed by atoms with E-state index in [-0.39, 0.29) is 29.9 Å². The van der Waals surface area contributed by atoms with Gasteiger partial charge in [0.25, 0.3) is 0 Å². The predicted octanol–water partition coefficient (Wildman–Crippen LogP) is 6.20. The summed E-state index contributed by atoms with van der Waals surface area (Å²) in [5.74, 6) is -0.394. The minimum atomic E-state index is -4.53. The Balaban J connectivity index is 1.73. The molecule has 9 heteroatoms. The van der Waals surface area contributed by atoms with E-state index >= 15 is 0 Å². The monoisotopic (exact) mass is 540 g/mol. The van der Waals surface area contributed by atoms with Gasteiger partial charge >= 0.3 is 6.18 Å². The number of rotatable bonds is 4. The fourth-order valence-electron chi connectivity index (χ4n) is 6.19. The topological polar surface area (TPSA) is 69.3 Å². The van der Waals surface area contributed by atoms with Gasteiger partial charge in [-0.1, -0.05) is 24.3 Å². The Morgan fingerprint density at radius 1 is 1.00 bits per heavy atom. The lowest BCUT2D eigenvalue weighted by Gasteiger charge is -2.45. The van der Waals surface area contributed by atoms with E-state index in [2.05, 4.69) is 12.6 Å². The quantitative estimate of drug-likeness (QED) is 0.370. The molecule has 0 saturated carbocycles. The maximum absolute atomic E-state index is 14.6. The summed E-state index contributed by atoms with van der Waals surface area (Å²) in [6.07, 6.45) is 1.56. The third-order valence-electron chi connectivity index (χ3n) is 7.73. The summed E-state index contributed by atoms with van der Waals surface area (Å²) in [6, 6.07) is 17.5. The first-order valence-electron chi connectivity index (χ1n) is 12.8. The molecule has 0 saturated heterocycles. The molecular weight excluding hydrogens is 517 g/mol. The average molecular weight is 541 g/mol. The highest BCUT2D eigenvalue weighted by Crippen LogP contribution is 2.58. The number of ketones is 1. The number of para-hydroxylation sites is 1. The number of aromatic nitrogens is 1. The first-order chi connectivity index (χ1) is 19.2. The van der Waals surface area contributed by atoms with Crippen molar-refractivity contribution in [3.63, 3.8) is 0 Å². The van der Waals surface area contributed by atoms with Crippen LogP contribution >= 0.6 is 0 Å². The standard InChI is InChI=1S/C31H23F3N4O2/c1-2-16-37-24-9-4-3-8-22(24)30(29(37)40)23(19-35)28(36-17-5-6-18-36)38(25-10-7-11-26(39)27(25)30)21-14-12-20(13-15-21)31(32,33)34/h2-6,8-9,12-15,17-18H,1,7,10-11,16H2/t30-/m0/s1. The largest absolute Gasteiger partial charge is 0.416 e. The van der Waals surface area contributed by atoms with Gasteiger partial charge < -0.3 is 9.47 Å². The number of carbonyl (C=O) groups is 2. The molecule has 200 valence electrons. The van der Waals surface area contributed by atoms with E-state index in [0.717, 1.165) is 12.1 Å². The molecule has 2 aliphatic heterocycles. The second-order valence-corrected chi connectivity index (χ2v) is 9.85. The molecule has 6 nitrogen and oxygen atoms in total. The molecule has 3 aliphatic rings. The minimum absolute atomic E-state index is 0.0293. The second kappa shape index (κ2) is 9.12. The van der Waals surface area contributed by atoms with E-state index < -0.39 is 23.1 Å². The van der Waals surface area contributed by atoms with Crippen LogP contribution in [0.15, 0.2) is 103 Å². The van der Waals surface area contributed by atoms with Crippen molar-refractivity contribution in [2.75, 3.05) is 16.3 Å².